The van der Waals surface area contributed by atoms with Gasteiger partial charge in [-0.2, -0.15) is 0 Å². The molecule has 0 radical (unpaired) electrons. The average Bonchev–Trinajstić information content (AvgIpc) is 2.81. The number of carbonyl (C=O) groups is 2. The van der Waals surface area contributed by atoms with E-state index in [2.05, 4.69) is 16.0 Å². The van der Waals surface area contributed by atoms with Crippen LogP contribution >= 0.6 is 12.4 Å². The van der Waals surface area contributed by atoms with Crippen LogP contribution in [0.15, 0.2) is 24.3 Å². The van der Waals surface area contributed by atoms with E-state index in [1.54, 1.807) is 31.2 Å². The molecule has 1 saturated heterocycles. The van der Waals surface area contributed by atoms with Gasteiger partial charge in [0.25, 0.3) is 5.92 Å². The first-order chi connectivity index (χ1) is 9.89. The van der Waals surface area contributed by atoms with E-state index in [-0.39, 0.29) is 18.3 Å². The topological polar surface area (TPSA) is 70.2 Å². The summed E-state index contributed by atoms with van der Waals surface area (Å²) < 4.78 is 26.0. The van der Waals surface area contributed by atoms with Crippen LogP contribution in [-0.2, 0) is 9.59 Å². The van der Waals surface area contributed by atoms with Gasteiger partial charge in [-0.25, -0.2) is 8.78 Å². The zero-order chi connectivity index (χ0) is 15.5. The van der Waals surface area contributed by atoms with Crippen LogP contribution in [0, 0.1) is 0 Å². The molecule has 0 bridgehead atoms. The summed E-state index contributed by atoms with van der Waals surface area (Å²) in [6.07, 6.45) is -0.122. The monoisotopic (exact) mass is 333 g/mol. The highest BCUT2D eigenvalue weighted by Crippen LogP contribution is 2.25. The smallest absolute Gasteiger partial charge is 0.262 e. The van der Waals surface area contributed by atoms with Crippen molar-refractivity contribution >= 4 is 35.6 Å². The van der Waals surface area contributed by atoms with Crippen molar-refractivity contribution in [1.29, 1.82) is 0 Å². The summed E-state index contributed by atoms with van der Waals surface area (Å²) in [6.45, 7) is 1.27. The minimum atomic E-state index is -2.84. The molecule has 1 heterocycles. The molecular formula is C14H18ClF2N3O2. The first kappa shape index (κ1) is 18.3. The molecule has 1 aliphatic heterocycles. The van der Waals surface area contributed by atoms with Gasteiger partial charge in [0.1, 0.15) is 0 Å². The van der Waals surface area contributed by atoms with E-state index in [0.717, 1.165) is 0 Å². The number of benzene rings is 1. The van der Waals surface area contributed by atoms with Gasteiger partial charge in [0, 0.05) is 24.2 Å². The van der Waals surface area contributed by atoms with Crippen molar-refractivity contribution in [1.82, 2.24) is 5.32 Å². The molecule has 0 saturated carbocycles. The maximum absolute atomic E-state index is 13.0. The molecule has 22 heavy (non-hydrogen) atoms. The summed E-state index contributed by atoms with van der Waals surface area (Å²) in [5.41, 5.74) is 1.11. The van der Waals surface area contributed by atoms with Crippen LogP contribution in [0.2, 0.25) is 0 Å². The fourth-order valence-corrected chi connectivity index (χ4v) is 2.02. The maximum atomic E-state index is 13.0. The van der Waals surface area contributed by atoms with Gasteiger partial charge in [0.15, 0.2) is 0 Å². The van der Waals surface area contributed by atoms with E-state index >= 15 is 0 Å². The quantitative estimate of drug-likeness (QED) is 0.792. The summed E-state index contributed by atoms with van der Waals surface area (Å²) in [6, 6.07) is 5.60. The molecule has 1 atom stereocenters. The zero-order valence-corrected chi connectivity index (χ0v) is 12.8. The first-order valence-electron chi connectivity index (χ1n) is 6.71. The second kappa shape index (κ2) is 7.51. The Kier molecular flexibility index (Phi) is 6.25. The van der Waals surface area contributed by atoms with Crippen LogP contribution < -0.4 is 16.0 Å². The Balaban J connectivity index is 0.00000242. The van der Waals surface area contributed by atoms with Gasteiger partial charge in [-0.15, -0.1) is 12.4 Å². The lowest BCUT2D eigenvalue weighted by atomic mass is 10.2. The molecule has 2 amide bonds. The highest BCUT2D eigenvalue weighted by atomic mass is 35.5. The number of alkyl halides is 2. The standard InChI is InChI=1S/C14H17F2N3O2.ClH/c1-2-12(20)18-9-3-5-10(6-4-9)19-13(21)11-7-14(15,16)8-17-11;/h3-6,11,17H,2,7-8H2,1H3,(H,18,20)(H,19,21);1H. The Hall–Kier alpha value is -1.73. The lowest BCUT2D eigenvalue weighted by Crippen LogP contribution is -2.35. The van der Waals surface area contributed by atoms with E-state index in [0.29, 0.717) is 17.8 Å². The van der Waals surface area contributed by atoms with Crippen molar-refractivity contribution in [2.24, 2.45) is 0 Å². The summed E-state index contributed by atoms with van der Waals surface area (Å²) in [7, 11) is 0. The highest BCUT2D eigenvalue weighted by Gasteiger charge is 2.42. The summed E-state index contributed by atoms with van der Waals surface area (Å²) in [5.74, 6) is -3.43. The van der Waals surface area contributed by atoms with E-state index < -0.39 is 30.8 Å². The highest BCUT2D eigenvalue weighted by molar-refractivity contribution is 5.95. The molecule has 8 heteroatoms. The van der Waals surface area contributed by atoms with Gasteiger partial charge in [0.2, 0.25) is 11.8 Å². The number of carbonyl (C=O) groups excluding carboxylic acids is 2. The second-order valence-electron chi connectivity index (χ2n) is 4.96. The summed E-state index contributed by atoms with van der Waals surface area (Å²) in [5, 5.41) is 7.74. The molecule has 0 aromatic heterocycles. The second-order valence-corrected chi connectivity index (χ2v) is 4.96. The van der Waals surface area contributed by atoms with Gasteiger partial charge < -0.3 is 10.6 Å². The van der Waals surface area contributed by atoms with Crippen LogP contribution in [0.25, 0.3) is 0 Å². The number of anilines is 2. The van der Waals surface area contributed by atoms with E-state index in [1.165, 1.54) is 0 Å². The van der Waals surface area contributed by atoms with Crippen molar-refractivity contribution in [3.05, 3.63) is 24.3 Å². The van der Waals surface area contributed by atoms with E-state index in [1.807, 2.05) is 0 Å². The maximum Gasteiger partial charge on any atom is 0.262 e. The van der Waals surface area contributed by atoms with Gasteiger partial charge in [-0.05, 0) is 24.3 Å². The molecule has 1 fully saturated rings. The first-order valence-corrected chi connectivity index (χ1v) is 6.71. The third-order valence-electron chi connectivity index (χ3n) is 3.18. The Bertz CT molecular complexity index is 537. The number of hydrogen-bond acceptors (Lipinski definition) is 3. The minimum Gasteiger partial charge on any atom is -0.326 e. The Morgan fingerprint density at radius 1 is 1.23 bits per heavy atom. The molecule has 1 aromatic carbocycles. The normalized spacial score (nSPS) is 19.1. The van der Waals surface area contributed by atoms with Crippen LogP contribution in [0.3, 0.4) is 0 Å². The largest absolute Gasteiger partial charge is 0.326 e. The van der Waals surface area contributed by atoms with Gasteiger partial charge in [0.05, 0.1) is 12.6 Å². The number of nitrogens with one attached hydrogen (secondary N) is 3. The third kappa shape index (κ3) is 4.92. The molecule has 3 N–H and O–H groups in total. The van der Waals surface area contributed by atoms with Crippen LogP contribution in [0.5, 0.6) is 0 Å². The fraction of sp³-hybridized carbons (Fsp3) is 0.429. The van der Waals surface area contributed by atoms with Crippen molar-refractivity contribution in [2.45, 2.75) is 31.7 Å². The average molecular weight is 334 g/mol. The van der Waals surface area contributed by atoms with Crippen LogP contribution in [0.1, 0.15) is 19.8 Å². The summed E-state index contributed by atoms with van der Waals surface area (Å²) in [4.78, 5) is 23.1. The van der Waals surface area contributed by atoms with Crippen LogP contribution in [0.4, 0.5) is 20.2 Å². The fourth-order valence-electron chi connectivity index (χ4n) is 2.02. The molecule has 1 unspecified atom stereocenters. The third-order valence-corrected chi connectivity index (χ3v) is 3.18. The van der Waals surface area contributed by atoms with Crippen molar-refractivity contribution in [3.8, 4) is 0 Å². The Labute approximate surface area is 133 Å². The zero-order valence-electron chi connectivity index (χ0n) is 12.0. The predicted octanol–water partition coefficient (Wildman–Crippen LogP) is 2.39. The molecule has 0 spiro atoms. The predicted molar refractivity (Wildman–Crippen MR) is 82.6 cm³/mol. The number of rotatable bonds is 4. The summed E-state index contributed by atoms with van der Waals surface area (Å²) >= 11 is 0. The van der Waals surface area contributed by atoms with Gasteiger partial charge in [-0.1, -0.05) is 6.92 Å². The SMILES string of the molecule is CCC(=O)Nc1ccc(NC(=O)C2CC(F)(F)CN2)cc1.Cl. The molecule has 1 aliphatic rings. The molecule has 122 valence electrons. The van der Waals surface area contributed by atoms with Crippen molar-refractivity contribution in [2.75, 3.05) is 17.2 Å². The molecule has 0 aliphatic carbocycles. The number of amides is 2. The van der Waals surface area contributed by atoms with Crippen molar-refractivity contribution in [3.63, 3.8) is 0 Å². The number of hydrogen-bond donors (Lipinski definition) is 3. The lowest BCUT2D eigenvalue weighted by molar-refractivity contribution is -0.118. The van der Waals surface area contributed by atoms with E-state index in [4.69, 9.17) is 0 Å². The molecule has 2 rings (SSSR count). The van der Waals surface area contributed by atoms with Gasteiger partial charge >= 0.3 is 0 Å². The lowest BCUT2D eigenvalue weighted by Gasteiger charge is -2.12. The van der Waals surface area contributed by atoms with Crippen LogP contribution in [-0.4, -0.2) is 30.3 Å². The Morgan fingerprint density at radius 3 is 2.23 bits per heavy atom. The molecular weight excluding hydrogens is 316 g/mol. The van der Waals surface area contributed by atoms with Gasteiger partial charge in [-0.3, -0.25) is 14.9 Å². The number of halogens is 3. The van der Waals surface area contributed by atoms with E-state index in [9.17, 15) is 18.4 Å². The molecule has 5 nitrogen and oxygen atoms in total. The Morgan fingerprint density at radius 2 is 1.77 bits per heavy atom. The van der Waals surface area contributed by atoms with Crippen molar-refractivity contribution < 1.29 is 18.4 Å². The minimum absolute atomic E-state index is 0. The molecule has 1 aromatic rings.